The van der Waals surface area contributed by atoms with Gasteiger partial charge in [0.05, 0.1) is 11.3 Å². The first-order valence-electron chi connectivity index (χ1n) is 3.43. The third-order valence-corrected chi connectivity index (χ3v) is 2.47. The molecule has 0 spiro atoms. The van der Waals surface area contributed by atoms with Crippen molar-refractivity contribution in [1.29, 1.82) is 0 Å². The Morgan fingerprint density at radius 2 is 2.25 bits per heavy atom. The number of carbonyl (C=O) groups excluding carboxylic acids is 1. The summed E-state index contributed by atoms with van der Waals surface area (Å²) in [6.45, 7) is 0. The lowest BCUT2D eigenvalue weighted by Gasteiger charge is -2.04. The van der Waals surface area contributed by atoms with Crippen molar-refractivity contribution in [3.63, 3.8) is 0 Å². The second-order valence-corrected chi connectivity index (χ2v) is 3.44. The molecule has 0 saturated heterocycles. The van der Waals surface area contributed by atoms with Crippen LogP contribution in [0.4, 0.5) is 5.69 Å². The molecule has 0 bridgehead atoms. The first-order valence-corrected chi connectivity index (χ1v) is 4.50. The topological polar surface area (TPSA) is 55.1 Å². The molecule has 4 heteroatoms. The summed E-state index contributed by atoms with van der Waals surface area (Å²) in [5.41, 5.74) is 6.76. The maximum absolute atomic E-state index is 11.2. The standard InChI is InChI=1S/C8H9IN2O/c1-11-8(12)5-3-2-4-6(9)7(5)10/h2-4H,10H2,1H3,(H,11,12). The Hall–Kier alpha value is -0.780. The fourth-order valence-electron chi connectivity index (χ4n) is 0.870. The van der Waals surface area contributed by atoms with E-state index in [1.54, 1.807) is 13.1 Å². The Bertz CT molecular complexity index is 312. The SMILES string of the molecule is CNC(=O)c1cccc(I)c1N. The van der Waals surface area contributed by atoms with Crippen LogP contribution in [0.3, 0.4) is 0 Å². The average Bonchev–Trinajstić information content (AvgIpc) is 2.08. The molecule has 0 aliphatic carbocycles. The molecule has 0 fully saturated rings. The van der Waals surface area contributed by atoms with Crippen LogP contribution in [0.5, 0.6) is 0 Å². The van der Waals surface area contributed by atoms with Crippen LogP contribution in [-0.2, 0) is 0 Å². The molecule has 0 atom stereocenters. The number of nitrogens with two attached hydrogens (primary N) is 1. The summed E-state index contributed by atoms with van der Waals surface area (Å²) in [5.74, 6) is -0.147. The summed E-state index contributed by atoms with van der Waals surface area (Å²) in [7, 11) is 1.58. The van der Waals surface area contributed by atoms with Crippen molar-refractivity contribution in [2.24, 2.45) is 0 Å². The van der Waals surface area contributed by atoms with Crippen molar-refractivity contribution in [2.75, 3.05) is 12.8 Å². The molecule has 3 nitrogen and oxygen atoms in total. The number of benzene rings is 1. The van der Waals surface area contributed by atoms with Crippen LogP contribution in [0.1, 0.15) is 10.4 Å². The van der Waals surface area contributed by atoms with Crippen LogP contribution in [0.25, 0.3) is 0 Å². The highest BCUT2D eigenvalue weighted by molar-refractivity contribution is 14.1. The van der Waals surface area contributed by atoms with Gasteiger partial charge in [0.2, 0.25) is 0 Å². The Morgan fingerprint density at radius 1 is 1.58 bits per heavy atom. The summed E-state index contributed by atoms with van der Waals surface area (Å²) >= 11 is 2.09. The van der Waals surface area contributed by atoms with E-state index in [0.717, 1.165) is 3.57 Å². The van der Waals surface area contributed by atoms with Gasteiger partial charge in [0.25, 0.3) is 5.91 Å². The highest BCUT2D eigenvalue weighted by Crippen LogP contribution is 2.18. The average molecular weight is 276 g/mol. The zero-order chi connectivity index (χ0) is 9.14. The van der Waals surface area contributed by atoms with Gasteiger partial charge in [-0.05, 0) is 34.7 Å². The van der Waals surface area contributed by atoms with Crippen molar-refractivity contribution in [1.82, 2.24) is 5.32 Å². The number of hydrogen-bond acceptors (Lipinski definition) is 2. The molecule has 0 radical (unpaired) electrons. The van der Waals surface area contributed by atoms with Gasteiger partial charge >= 0.3 is 0 Å². The van der Waals surface area contributed by atoms with Gasteiger partial charge in [-0.15, -0.1) is 0 Å². The van der Waals surface area contributed by atoms with Gasteiger partial charge in [-0.3, -0.25) is 4.79 Å². The molecular weight excluding hydrogens is 267 g/mol. The lowest BCUT2D eigenvalue weighted by Crippen LogP contribution is -2.19. The van der Waals surface area contributed by atoms with Crippen LogP contribution < -0.4 is 11.1 Å². The predicted octanol–water partition coefficient (Wildman–Crippen LogP) is 1.23. The minimum absolute atomic E-state index is 0.147. The molecule has 0 unspecified atom stereocenters. The van der Waals surface area contributed by atoms with Gasteiger partial charge in [-0.2, -0.15) is 0 Å². The van der Waals surface area contributed by atoms with Gasteiger partial charge in [0.1, 0.15) is 0 Å². The number of hydrogen-bond donors (Lipinski definition) is 2. The van der Waals surface area contributed by atoms with Gasteiger partial charge in [-0.1, -0.05) is 6.07 Å². The number of halogens is 1. The zero-order valence-corrected chi connectivity index (χ0v) is 8.75. The number of amides is 1. The molecule has 0 aliphatic heterocycles. The highest BCUT2D eigenvalue weighted by Gasteiger charge is 2.08. The van der Waals surface area contributed by atoms with E-state index in [-0.39, 0.29) is 5.91 Å². The predicted molar refractivity (Wildman–Crippen MR) is 57.0 cm³/mol. The second-order valence-electron chi connectivity index (χ2n) is 2.28. The number of anilines is 1. The monoisotopic (exact) mass is 276 g/mol. The van der Waals surface area contributed by atoms with Crippen LogP contribution in [0.15, 0.2) is 18.2 Å². The molecule has 12 heavy (non-hydrogen) atoms. The molecular formula is C8H9IN2O. The van der Waals surface area contributed by atoms with E-state index in [1.807, 2.05) is 12.1 Å². The normalized spacial score (nSPS) is 9.50. The van der Waals surface area contributed by atoms with E-state index >= 15 is 0 Å². The summed E-state index contributed by atoms with van der Waals surface area (Å²) in [4.78, 5) is 11.2. The number of para-hydroxylation sites is 1. The molecule has 0 aliphatic rings. The molecule has 0 heterocycles. The van der Waals surface area contributed by atoms with Crippen LogP contribution in [0.2, 0.25) is 0 Å². The molecule has 1 rings (SSSR count). The van der Waals surface area contributed by atoms with E-state index in [0.29, 0.717) is 11.3 Å². The molecule has 0 aromatic heterocycles. The first-order chi connectivity index (χ1) is 5.66. The Labute approximate surface area is 84.5 Å². The lowest BCUT2D eigenvalue weighted by molar-refractivity contribution is 0.0964. The Morgan fingerprint density at radius 3 is 2.83 bits per heavy atom. The number of rotatable bonds is 1. The van der Waals surface area contributed by atoms with Crippen LogP contribution in [-0.4, -0.2) is 13.0 Å². The zero-order valence-electron chi connectivity index (χ0n) is 6.60. The summed E-state index contributed by atoms with van der Waals surface area (Å²) in [6.07, 6.45) is 0. The smallest absolute Gasteiger partial charge is 0.253 e. The van der Waals surface area contributed by atoms with Crippen molar-refractivity contribution >= 4 is 34.2 Å². The van der Waals surface area contributed by atoms with Crippen LogP contribution in [0, 0.1) is 3.57 Å². The fraction of sp³-hybridized carbons (Fsp3) is 0.125. The quantitative estimate of drug-likeness (QED) is 0.599. The number of nitrogen functional groups attached to an aromatic ring is 1. The molecule has 0 saturated carbocycles. The maximum Gasteiger partial charge on any atom is 0.253 e. The van der Waals surface area contributed by atoms with Crippen LogP contribution >= 0.6 is 22.6 Å². The van der Waals surface area contributed by atoms with E-state index < -0.39 is 0 Å². The summed E-state index contributed by atoms with van der Waals surface area (Å²) in [5, 5.41) is 2.53. The molecule has 1 aromatic rings. The first kappa shape index (κ1) is 9.31. The lowest BCUT2D eigenvalue weighted by atomic mass is 10.2. The third-order valence-electron chi connectivity index (χ3n) is 1.52. The molecule has 1 amide bonds. The van der Waals surface area contributed by atoms with Crippen molar-refractivity contribution < 1.29 is 4.79 Å². The van der Waals surface area contributed by atoms with Gasteiger partial charge in [0.15, 0.2) is 0 Å². The maximum atomic E-state index is 11.2. The molecule has 3 N–H and O–H groups in total. The molecule has 1 aromatic carbocycles. The van der Waals surface area contributed by atoms with E-state index in [2.05, 4.69) is 27.9 Å². The number of nitrogens with one attached hydrogen (secondary N) is 1. The fourth-order valence-corrected chi connectivity index (χ4v) is 1.37. The van der Waals surface area contributed by atoms with Crippen molar-refractivity contribution in [2.45, 2.75) is 0 Å². The largest absolute Gasteiger partial charge is 0.397 e. The van der Waals surface area contributed by atoms with E-state index in [4.69, 9.17) is 5.73 Å². The molecule has 64 valence electrons. The minimum atomic E-state index is -0.147. The van der Waals surface area contributed by atoms with Crippen molar-refractivity contribution in [3.05, 3.63) is 27.3 Å². The van der Waals surface area contributed by atoms with Gasteiger partial charge < -0.3 is 11.1 Å². The minimum Gasteiger partial charge on any atom is -0.397 e. The Balaban J connectivity index is 3.16. The summed E-state index contributed by atoms with van der Waals surface area (Å²) in [6, 6.07) is 5.38. The van der Waals surface area contributed by atoms with E-state index in [9.17, 15) is 4.79 Å². The Kier molecular flexibility index (Phi) is 2.91. The third kappa shape index (κ3) is 1.69. The number of carbonyl (C=O) groups is 1. The highest BCUT2D eigenvalue weighted by atomic mass is 127. The van der Waals surface area contributed by atoms with Gasteiger partial charge in [-0.25, -0.2) is 0 Å². The van der Waals surface area contributed by atoms with Gasteiger partial charge in [0, 0.05) is 10.6 Å². The van der Waals surface area contributed by atoms with Crippen molar-refractivity contribution in [3.8, 4) is 0 Å². The second kappa shape index (κ2) is 3.75. The van der Waals surface area contributed by atoms with E-state index in [1.165, 1.54) is 0 Å². The summed E-state index contributed by atoms with van der Waals surface area (Å²) < 4.78 is 0.897.